The molecule has 20 heteroatoms. The number of rotatable bonds is 7. The summed E-state index contributed by atoms with van der Waals surface area (Å²) in [7, 11) is 0. The number of benzene rings is 4. The molecule has 2 atom stereocenters. The third-order valence-corrected chi connectivity index (χ3v) is 12.3. The number of hydrogen-bond acceptors (Lipinski definition) is 20. The summed E-state index contributed by atoms with van der Waals surface area (Å²) < 4.78 is 68.6. The predicted molar refractivity (Wildman–Crippen MR) is 277 cm³/mol. The van der Waals surface area contributed by atoms with Crippen LogP contribution in [0.3, 0.4) is 0 Å². The summed E-state index contributed by atoms with van der Waals surface area (Å²) in [4.78, 5) is 9.33. The van der Waals surface area contributed by atoms with Gasteiger partial charge in [-0.3, -0.25) is 9.98 Å². The van der Waals surface area contributed by atoms with Crippen molar-refractivity contribution in [3.63, 3.8) is 0 Å². The Labute approximate surface area is 432 Å². The van der Waals surface area contributed by atoms with Crippen molar-refractivity contribution in [2.75, 3.05) is 145 Å². The first kappa shape index (κ1) is 58.3. The lowest BCUT2D eigenvalue weighted by Gasteiger charge is -2.24. The summed E-state index contributed by atoms with van der Waals surface area (Å²) in [6, 6.07) is 3.56. The zero-order valence-electron chi connectivity index (χ0n) is 43.7. The second kappa shape index (κ2) is 30.0. The molecule has 74 heavy (non-hydrogen) atoms. The van der Waals surface area contributed by atoms with Crippen LogP contribution in [0.15, 0.2) is 22.1 Å². The molecular formula is C54H76N2O18. The van der Waals surface area contributed by atoms with Gasteiger partial charge in [-0.1, -0.05) is 39.8 Å². The van der Waals surface area contributed by atoms with Gasteiger partial charge in [0.1, 0.15) is 11.5 Å². The zero-order chi connectivity index (χ0) is 53.0. The monoisotopic (exact) mass is 1040 g/mol. The molecule has 2 heterocycles. The number of phenolic OH excluding ortho intramolecular Hbond substituents is 6. The largest absolute Gasteiger partial charge is 0.507 e. The van der Waals surface area contributed by atoms with Crippen molar-refractivity contribution in [3.8, 4) is 45.6 Å². The van der Waals surface area contributed by atoms with Gasteiger partial charge in [0.25, 0.3) is 0 Å². The van der Waals surface area contributed by atoms with E-state index >= 15 is 0 Å². The second-order valence-electron chi connectivity index (χ2n) is 18.3. The molecule has 20 nitrogen and oxygen atoms in total. The smallest absolute Gasteiger partial charge is 0.171 e. The van der Waals surface area contributed by atoms with Gasteiger partial charge in [-0.2, -0.15) is 0 Å². The van der Waals surface area contributed by atoms with Crippen molar-refractivity contribution in [1.82, 2.24) is 0 Å². The molecule has 0 spiro atoms. The van der Waals surface area contributed by atoms with Gasteiger partial charge in [0.15, 0.2) is 35.5 Å². The van der Waals surface area contributed by atoms with Crippen LogP contribution in [0, 0.1) is 13.8 Å². The number of fused-ring (bicyclic) bond motifs is 2. The minimum atomic E-state index is -0.912. The van der Waals surface area contributed by atoms with E-state index in [9.17, 15) is 30.6 Å². The van der Waals surface area contributed by atoms with E-state index in [1.807, 2.05) is 27.7 Å². The van der Waals surface area contributed by atoms with Gasteiger partial charge in [0, 0.05) is 56.6 Å². The SMILES string of the molecule is Cc1cc2c(C(C)C)c(O)c(O)c(/C=N/C3COCCOCCOCCOCCOCCO3)c2c(O)c1-c1c(C)cc2c(C(C)C)c(O)c(O)c(/C=N/C3COCCOCCOCCOCCOCCO3)c2c1O. The van der Waals surface area contributed by atoms with Crippen molar-refractivity contribution in [2.24, 2.45) is 9.98 Å². The molecule has 4 aromatic carbocycles. The quantitative estimate of drug-likeness (QED) is 0.0856. The summed E-state index contributed by atoms with van der Waals surface area (Å²) in [5.74, 6) is -3.12. The molecule has 2 saturated heterocycles. The third-order valence-electron chi connectivity index (χ3n) is 12.3. The Morgan fingerprint density at radius 2 is 0.662 bits per heavy atom. The van der Waals surface area contributed by atoms with Crippen molar-refractivity contribution in [1.29, 1.82) is 0 Å². The highest BCUT2D eigenvalue weighted by molar-refractivity contribution is 6.15. The molecule has 4 aromatic rings. The molecule has 0 saturated carbocycles. The van der Waals surface area contributed by atoms with Gasteiger partial charge < -0.3 is 87.5 Å². The lowest BCUT2D eigenvalue weighted by Crippen LogP contribution is -2.22. The number of aryl methyl sites for hydroxylation is 2. The lowest BCUT2D eigenvalue weighted by molar-refractivity contribution is -0.0574. The van der Waals surface area contributed by atoms with Crippen LogP contribution < -0.4 is 0 Å². The Bertz CT molecular complexity index is 2270. The van der Waals surface area contributed by atoms with E-state index in [2.05, 4.69) is 9.98 Å². The topological polar surface area (TPSA) is 257 Å². The molecule has 2 unspecified atom stereocenters. The second-order valence-corrected chi connectivity index (χ2v) is 18.3. The number of aromatic hydroxyl groups is 6. The molecule has 0 radical (unpaired) electrons. The van der Waals surface area contributed by atoms with E-state index in [1.165, 1.54) is 12.4 Å². The molecule has 2 fully saturated rings. The minimum Gasteiger partial charge on any atom is -0.507 e. The van der Waals surface area contributed by atoms with Crippen LogP contribution in [-0.4, -0.2) is 201 Å². The standard InChI is InChI=1S/C54H76N2O18/c1-33(2)43-37-27-35(5)45(51(59)47(37)39(49(57)53(43)61)29-55-41-31-71-21-19-67-13-11-63-7-9-65-15-17-69-23-25-73-41)46-36(6)28-38-44(34(3)4)54(62)50(58)40(48(38)52(46)60)30-56-42-32-72-22-20-68-14-12-64-8-10-66-16-18-70-24-26-74-42/h27-30,33-34,41-42,57-62H,7-26,31-32H2,1-6H3/b55-29+,56-30+. The molecule has 410 valence electrons. The molecule has 0 bridgehead atoms. The number of aliphatic imine (C=N–C) groups is 2. The first-order valence-electron chi connectivity index (χ1n) is 25.4. The maximum atomic E-state index is 12.7. The number of hydrogen-bond donors (Lipinski definition) is 6. The van der Waals surface area contributed by atoms with Crippen molar-refractivity contribution < 1.29 is 87.5 Å². The fraction of sp³-hybridized carbons (Fsp3) is 0.593. The molecule has 0 aromatic heterocycles. The van der Waals surface area contributed by atoms with Crippen LogP contribution in [0.25, 0.3) is 32.7 Å². The molecule has 2 aliphatic heterocycles. The lowest BCUT2D eigenvalue weighted by atomic mass is 9.83. The average Bonchev–Trinajstić information content (AvgIpc) is 3.35. The molecule has 6 N–H and O–H groups in total. The maximum Gasteiger partial charge on any atom is 0.171 e. The fourth-order valence-electron chi connectivity index (χ4n) is 8.82. The predicted octanol–water partition coefficient (Wildman–Crippen LogP) is 6.47. The van der Waals surface area contributed by atoms with Crippen LogP contribution in [0.1, 0.15) is 72.9 Å². The molecule has 0 amide bonds. The molecule has 6 rings (SSSR count). The number of ether oxygens (including phenoxy) is 12. The van der Waals surface area contributed by atoms with Crippen LogP contribution >= 0.6 is 0 Å². The Balaban J connectivity index is 1.44. The van der Waals surface area contributed by atoms with Crippen molar-refractivity contribution in [3.05, 3.63) is 45.5 Å². The van der Waals surface area contributed by atoms with Crippen LogP contribution in [0.5, 0.6) is 34.5 Å². The summed E-state index contributed by atoms with van der Waals surface area (Å²) in [6.07, 6.45) is 0.824. The highest BCUT2D eigenvalue weighted by Crippen LogP contribution is 2.54. The highest BCUT2D eigenvalue weighted by Gasteiger charge is 2.30. The summed E-state index contributed by atoms with van der Waals surface area (Å²) >= 11 is 0. The van der Waals surface area contributed by atoms with Gasteiger partial charge in [-0.15, -0.1) is 0 Å². The molecule has 0 aliphatic carbocycles. The van der Waals surface area contributed by atoms with E-state index in [0.29, 0.717) is 126 Å². The summed E-state index contributed by atoms with van der Waals surface area (Å²) in [6.45, 7) is 17.5. The van der Waals surface area contributed by atoms with Gasteiger partial charge in [0.2, 0.25) is 0 Å². The Morgan fingerprint density at radius 3 is 0.946 bits per heavy atom. The van der Waals surface area contributed by atoms with Crippen LogP contribution in [-0.2, 0) is 56.8 Å². The van der Waals surface area contributed by atoms with Crippen molar-refractivity contribution >= 4 is 34.0 Å². The number of phenols is 6. The van der Waals surface area contributed by atoms with E-state index < -0.39 is 24.0 Å². The average molecular weight is 1040 g/mol. The Kier molecular flexibility index (Phi) is 23.6. The minimum absolute atomic E-state index is 0.00355. The molecular weight excluding hydrogens is 965 g/mol. The third kappa shape index (κ3) is 15.6. The van der Waals surface area contributed by atoms with Gasteiger partial charge >= 0.3 is 0 Å². The van der Waals surface area contributed by atoms with E-state index in [0.717, 1.165) is 0 Å². The fourth-order valence-corrected chi connectivity index (χ4v) is 8.82. The van der Waals surface area contributed by atoms with Gasteiger partial charge in [0.05, 0.1) is 145 Å². The normalized spacial score (nSPS) is 20.5. The maximum absolute atomic E-state index is 12.7. The Morgan fingerprint density at radius 1 is 0.392 bits per heavy atom. The summed E-state index contributed by atoms with van der Waals surface area (Å²) in [5.41, 5.74) is 2.15. The number of nitrogens with zero attached hydrogens (tertiary/aromatic N) is 2. The highest BCUT2D eigenvalue weighted by atomic mass is 16.6. The van der Waals surface area contributed by atoms with Crippen molar-refractivity contribution in [2.45, 2.75) is 65.8 Å². The van der Waals surface area contributed by atoms with E-state index in [1.54, 1.807) is 26.0 Å². The van der Waals surface area contributed by atoms with Crippen LogP contribution in [0.2, 0.25) is 0 Å². The summed E-state index contributed by atoms with van der Waals surface area (Å²) in [5, 5.41) is 73.5. The first-order valence-corrected chi connectivity index (χ1v) is 25.4. The van der Waals surface area contributed by atoms with E-state index in [4.69, 9.17) is 56.8 Å². The van der Waals surface area contributed by atoms with Gasteiger partial charge in [-0.25, -0.2) is 0 Å². The molecule has 2 aliphatic rings. The van der Waals surface area contributed by atoms with E-state index in [-0.39, 0.29) is 121 Å². The first-order chi connectivity index (χ1) is 35.8. The zero-order valence-corrected chi connectivity index (χ0v) is 43.7. The van der Waals surface area contributed by atoms with Crippen LogP contribution in [0.4, 0.5) is 0 Å². The van der Waals surface area contributed by atoms with Gasteiger partial charge in [-0.05, 0) is 47.6 Å². The Hall–Kier alpha value is -4.94.